The molecule has 0 unspecified atom stereocenters. The minimum Gasteiger partial charge on any atom is -0.493 e. The lowest BCUT2D eigenvalue weighted by molar-refractivity contribution is -0.709. The zero-order valence-corrected chi connectivity index (χ0v) is 15.1. The number of rotatable bonds is 8. The fourth-order valence-corrected chi connectivity index (χ4v) is 2.87. The number of aliphatic hydroxyl groups is 1. The van der Waals surface area contributed by atoms with Crippen molar-refractivity contribution in [2.45, 2.75) is 32.5 Å². The predicted molar refractivity (Wildman–Crippen MR) is 95.7 cm³/mol. The van der Waals surface area contributed by atoms with Gasteiger partial charge in [-0.15, -0.1) is 0 Å². The number of aliphatic hydroxyl groups excluding tert-OH is 1. The van der Waals surface area contributed by atoms with Gasteiger partial charge >= 0.3 is 0 Å². The monoisotopic (exact) mass is 350 g/mol. The van der Waals surface area contributed by atoms with Gasteiger partial charge in [0.25, 0.3) is 0 Å². The van der Waals surface area contributed by atoms with Gasteiger partial charge in [0.1, 0.15) is 18.7 Å². The zero-order valence-electron chi connectivity index (χ0n) is 14.3. The first kappa shape index (κ1) is 18.6. The van der Waals surface area contributed by atoms with Crippen LogP contribution in [0, 0.1) is 0 Å². The largest absolute Gasteiger partial charge is 0.493 e. The van der Waals surface area contributed by atoms with Crippen molar-refractivity contribution >= 4 is 11.6 Å². The van der Waals surface area contributed by atoms with E-state index in [0.29, 0.717) is 29.7 Å². The van der Waals surface area contributed by atoms with Crippen LogP contribution in [0.4, 0.5) is 0 Å². The Morgan fingerprint density at radius 1 is 1.21 bits per heavy atom. The van der Waals surface area contributed by atoms with E-state index in [1.165, 1.54) is 0 Å². The maximum absolute atomic E-state index is 10.4. The predicted octanol–water partition coefficient (Wildman–Crippen LogP) is 2.93. The Balaban J connectivity index is 2.04. The quantitative estimate of drug-likeness (QED) is 0.769. The van der Waals surface area contributed by atoms with Gasteiger partial charge in [0, 0.05) is 5.56 Å². The van der Waals surface area contributed by atoms with Gasteiger partial charge < -0.3 is 19.9 Å². The van der Waals surface area contributed by atoms with Crippen LogP contribution >= 0.6 is 11.6 Å². The minimum absolute atomic E-state index is 0.0174. The normalized spacial score (nSPS) is 13.4. The summed E-state index contributed by atoms with van der Waals surface area (Å²) in [7, 11) is 1.60. The van der Waals surface area contributed by atoms with Crippen molar-refractivity contribution in [1.29, 1.82) is 0 Å². The lowest BCUT2D eigenvalue weighted by Gasteiger charge is -2.18. The molecule has 0 saturated carbocycles. The lowest BCUT2D eigenvalue weighted by Crippen LogP contribution is -2.88. The fraction of sp³-hybridized carbons (Fsp3) is 0.368. The van der Waals surface area contributed by atoms with Gasteiger partial charge in [0.05, 0.1) is 18.7 Å². The molecule has 3 N–H and O–H groups in total. The lowest BCUT2D eigenvalue weighted by atomic mass is 10.0. The Morgan fingerprint density at radius 2 is 1.92 bits per heavy atom. The molecule has 0 amide bonds. The van der Waals surface area contributed by atoms with E-state index in [4.69, 9.17) is 21.1 Å². The Labute approximate surface area is 148 Å². The van der Waals surface area contributed by atoms with Crippen LogP contribution in [0.5, 0.6) is 11.5 Å². The van der Waals surface area contributed by atoms with Crippen LogP contribution in [-0.4, -0.2) is 24.9 Å². The third-order valence-corrected chi connectivity index (χ3v) is 4.22. The van der Waals surface area contributed by atoms with Crippen molar-refractivity contribution in [3.8, 4) is 11.5 Å². The Bertz CT molecular complexity index is 649. The molecular formula is C19H25ClNO3+. The molecule has 4 nitrogen and oxygen atoms in total. The molecule has 0 fully saturated rings. The average Bonchev–Trinajstić information content (AvgIpc) is 2.61. The SMILES string of the molecule is CCOc1c(Cl)cc(C[NH2+][C@H](C)[C@H](O)c2ccccc2)cc1OC. The average molecular weight is 351 g/mol. The van der Waals surface area contributed by atoms with E-state index in [1.807, 2.05) is 56.3 Å². The number of benzene rings is 2. The molecule has 130 valence electrons. The molecule has 0 bridgehead atoms. The molecule has 0 radical (unpaired) electrons. The molecule has 0 saturated heterocycles. The standard InChI is InChI=1S/C19H24ClNO3/c1-4-24-19-16(20)10-14(11-17(19)23-3)12-21-13(2)18(22)15-8-6-5-7-9-15/h5-11,13,18,21-22H,4,12H2,1-3H3/p+1/t13-,18+/m1/s1. The van der Waals surface area contributed by atoms with Crippen molar-refractivity contribution in [1.82, 2.24) is 0 Å². The Hall–Kier alpha value is -1.75. The van der Waals surface area contributed by atoms with Crippen LogP contribution in [0.15, 0.2) is 42.5 Å². The maximum Gasteiger partial charge on any atom is 0.179 e. The van der Waals surface area contributed by atoms with Gasteiger partial charge in [-0.25, -0.2) is 0 Å². The van der Waals surface area contributed by atoms with Crippen molar-refractivity contribution in [3.63, 3.8) is 0 Å². The molecule has 0 aliphatic heterocycles. The first-order valence-electron chi connectivity index (χ1n) is 8.12. The molecule has 0 aromatic heterocycles. The molecule has 0 aliphatic carbocycles. The van der Waals surface area contributed by atoms with E-state index < -0.39 is 6.10 Å². The summed E-state index contributed by atoms with van der Waals surface area (Å²) < 4.78 is 10.9. The van der Waals surface area contributed by atoms with Gasteiger partial charge in [-0.3, -0.25) is 0 Å². The third-order valence-electron chi connectivity index (χ3n) is 3.94. The molecule has 2 aromatic carbocycles. The Kier molecular flexibility index (Phi) is 6.91. The van der Waals surface area contributed by atoms with Crippen LogP contribution < -0.4 is 14.8 Å². The second-order valence-electron chi connectivity index (χ2n) is 5.70. The molecule has 0 spiro atoms. The molecule has 2 aromatic rings. The number of hydrogen-bond donors (Lipinski definition) is 2. The van der Waals surface area contributed by atoms with Crippen molar-refractivity contribution in [2.75, 3.05) is 13.7 Å². The molecule has 2 atom stereocenters. The second-order valence-corrected chi connectivity index (χ2v) is 6.10. The van der Waals surface area contributed by atoms with E-state index in [0.717, 1.165) is 11.1 Å². The van der Waals surface area contributed by atoms with Crippen LogP contribution in [0.3, 0.4) is 0 Å². The van der Waals surface area contributed by atoms with Crippen LogP contribution in [-0.2, 0) is 6.54 Å². The number of quaternary nitrogens is 1. The van der Waals surface area contributed by atoms with E-state index >= 15 is 0 Å². The first-order valence-corrected chi connectivity index (χ1v) is 8.50. The molecular weight excluding hydrogens is 326 g/mol. The number of nitrogens with two attached hydrogens (primary N) is 1. The highest BCUT2D eigenvalue weighted by molar-refractivity contribution is 6.32. The summed E-state index contributed by atoms with van der Waals surface area (Å²) in [4.78, 5) is 0. The number of hydrogen-bond acceptors (Lipinski definition) is 3. The number of halogens is 1. The van der Waals surface area contributed by atoms with Crippen LogP contribution in [0.2, 0.25) is 5.02 Å². The summed E-state index contributed by atoms with van der Waals surface area (Å²) in [6.07, 6.45) is -0.522. The van der Waals surface area contributed by atoms with E-state index in [-0.39, 0.29) is 6.04 Å². The smallest absolute Gasteiger partial charge is 0.179 e. The van der Waals surface area contributed by atoms with Crippen molar-refractivity contribution in [3.05, 3.63) is 58.6 Å². The van der Waals surface area contributed by atoms with Crippen molar-refractivity contribution < 1.29 is 19.9 Å². The van der Waals surface area contributed by atoms with Gasteiger partial charge in [0.15, 0.2) is 11.5 Å². The van der Waals surface area contributed by atoms with Crippen LogP contribution in [0.1, 0.15) is 31.1 Å². The minimum atomic E-state index is -0.522. The van der Waals surface area contributed by atoms with Gasteiger partial charge in [-0.05, 0) is 31.5 Å². The summed E-state index contributed by atoms with van der Waals surface area (Å²) in [5.41, 5.74) is 1.94. The molecule has 0 aliphatic rings. The fourth-order valence-electron chi connectivity index (χ4n) is 2.58. The number of methoxy groups -OCH3 is 1. The van der Waals surface area contributed by atoms with Crippen molar-refractivity contribution in [2.24, 2.45) is 0 Å². The third kappa shape index (κ3) is 4.63. The first-order chi connectivity index (χ1) is 11.6. The summed E-state index contributed by atoms with van der Waals surface area (Å²) in [6.45, 7) is 5.13. The topological polar surface area (TPSA) is 55.3 Å². The maximum atomic E-state index is 10.4. The molecule has 2 rings (SSSR count). The van der Waals surface area contributed by atoms with E-state index in [1.54, 1.807) is 7.11 Å². The molecule has 0 heterocycles. The molecule has 5 heteroatoms. The highest BCUT2D eigenvalue weighted by Crippen LogP contribution is 2.36. The summed E-state index contributed by atoms with van der Waals surface area (Å²) in [5, 5.41) is 13.1. The summed E-state index contributed by atoms with van der Waals surface area (Å²) in [6, 6.07) is 13.5. The van der Waals surface area contributed by atoms with Gasteiger partial charge in [-0.2, -0.15) is 0 Å². The summed E-state index contributed by atoms with van der Waals surface area (Å²) in [5.74, 6) is 1.20. The highest BCUT2D eigenvalue weighted by Gasteiger charge is 2.19. The summed E-state index contributed by atoms with van der Waals surface area (Å²) >= 11 is 6.30. The van der Waals surface area contributed by atoms with E-state index in [2.05, 4.69) is 5.32 Å². The zero-order chi connectivity index (χ0) is 17.5. The van der Waals surface area contributed by atoms with Crippen LogP contribution in [0.25, 0.3) is 0 Å². The second kappa shape index (κ2) is 8.92. The Morgan fingerprint density at radius 3 is 2.54 bits per heavy atom. The van der Waals surface area contributed by atoms with E-state index in [9.17, 15) is 5.11 Å². The number of ether oxygens (including phenoxy) is 2. The molecule has 24 heavy (non-hydrogen) atoms. The van der Waals surface area contributed by atoms with Gasteiger partial charge in [0.2, 0.25) is 0 Å². The highest BCUT2D eigenvalue weighted by atomic mass is 35.5. The van der Waals surface area contributed by atoms with Gasteiger partial charge in [-0.1, -0.05) is 41.9 Å².